The van der Waals surface area contributed by atoms with E-state index in [0.717, 1.165) is 64.2 Å². The Hall–Kier alpha value is -1.85. The van der Waals surface area contributed by atoms with Gasteiger partial charge in [0.1, 0.15) is 13.2 Å². The van der Waals surface area contributed by atoms with Crippen LogP contribution in [-0.2, 0) is 28.6 Å². The summed E-state index contributed by atoms with van der Waals surface area (Å²) in [4.78, 5) is 38.0. The summed E-state index contributed by atoms with van der Waals surface area (Å²) in [5.41, 5.74) is 0. The summed E-state index contributed by atoms with van der Waals surface area (Å²) in [6, 6.07) is 0. The Bertz CT molecular complexity index is 1120. The third kappa shape index (κ3) is 59.0. The molecule has 0 spiro atoms. The molecule has 426 valence electrons. The van der Waals surface area contributed by atoms with Gasteiger partial charge >= 0.3 is 17.9 Å². The first kappa shape index (κ1) is 70.1. The number of ether oxygens (including phenoxy) is 3. The van der Waals surface area contributed by atoms with Gasteiger partial charge in [0, 0.05) is 19.3 Å². The van der Waals surface area contributed by atoms with Crippen LogP contribution in [0.2, 0.25) is 0 Å². The van der Waals surface area contributed by atoms with Gasteiger partial charge in [0.2, 0.25) is 0 Å². The number of allylic oxidation sites excluding steroid dienone is 2. The molecule has 0 saturated carbocycles. The minimum Gasteiger partial charge on any atom is -0.462 e. The van der Waals surface area contributed by atoms with Crippen molar-refractivity contribution in [3.8, 4) is 0 Å². The molecule has 6 heteroatoms. The van der Waals surface area contributed by atoms with E-state index in [1.54, 1.807) is 0 Å². The van der Waals surface area contributed by atoms with Crippen molar-refractivity contribution in [2.75, 3.05) is 13.2 Å². The third-order valence-electron chi connectivity index (χ3n) is 15.0. The number of rotatable bonds is 61. The standard InChI is InChI=1S/C66H126O6/c1-4-7-10-13-16-19-22-23-24-25-26-27-28-29-30-31-32-33-34-35-36-37-38-39-40-41-42-43-45-47-50-53-56-59-65(68)71-62-63(61-70-64(67)58-55-52-49-46-21-18-15-12-9-6-3)72-66(69)60-57-54-51-48-44-20-17-14-11-8-5-2/h14,17,63H,4-13,15-16,18-62H2,1-3H3/b17-14-. The summed E-state index contributed by atoms with van der Waals surface area (Å²) in [7, 11) is 0. The maximum Gasteiger partial charge on any atom is 0.306 e. The minimum atomic E-state index is -0.768. The molecule has 0 bridgehead atoms. The molecule has 0 radical (unpaired) electrons. The van der Waals surface area contributed by atoms with Crippen molar-refractivity contribution in [2.24, 2.45) is 0 Å². The molecule has 0 heterocycles. The van der Waals surface area contributed by atoms with E-state index in [2.05, 4.69) is 32.9 Å². The van der Waals surface area contributed by atoms with Crippen LogP contribution in [0.1, 0.15) is 374 Å². The number of hydrogen-bond donors (Lipinski definition) is 0. The molecule has 0 saturated heterocycles. The van der Waals surface area contributed by atoms with Gasteiger partial charge in [0.25, 0.3) is 0 Å². The van der Waals surface area contributed by atoms with Gasteiger partial charge in [-0.2, -0.15) is 0 Å². The molecule has 0 aliphatic rings. The lowest BCUT2D eigenvalue weighted by Gasteiger charge is -2.18. The molecule has 0 rings (SSSR count). The van der Waals surface area contributed by atoms with Crippen molar-refractivity contribution in [1.29, 1.82) is 0 Å². The highest BCUT2D eigenvalue weighted by atomic mass is 16.6. The predicted molar refractivity (Wildman–Crippen MR) is 312 cm³/mol. The summed E-state index contributed by atoms with van der Waals surface area (Å²) in [6.45, 7) is 6.64. The molecular formula is C66H126O6. The van der Waals surface area contributed by atoms with Gasteiger partial charge in [0.05, 0.1) is 0 Å². The number of esters is 3. The number of carbonyl (C=O) groups is 3. The molecule has 0 fully saturated rings. The Balaban J connectivity index is 3.92. The highest BCUT2D eigenvalue weighted by Crippen LogP contribution is 2.19. The summed E-state index contributed by atoms with van der Waals surface area (Å²) in [5.74, 6) is -0.857. The first-order valence-electron chi connectivity index (χ1n) is 32.7. The van der Waals surface area contributed by atoms with Gasteiger partial charge in [-0.15, -0.1) is 0 Å². The van der Waals surface area contributed by atoms with Crippen molar-refractivity contribution < 1.29 is 28.6 Å². The van der Waals surface area contributed by atoms with Crippen LogP contribution in [0, 0.1) is 0 Å². The van der Waals surface area contributed by atoms with Crippen LogP contribution in [-0.4, -0.2) is 37.2 Å². The molecule has 0 aliphatic carbocycles. The van der Waals surface area contributed by atoms with E-state index in [1.165, 1.54) is 270 Å². The van der Waals surface area contributed by atoms with Gasteiger partial charge in [-0.05, 0) is 38.5 Å². The largest absolute Gasteiger partial charge is 0.462 e. The lowest BCUT2D eigenvalue weighted by molar-refractivity contribution is -0.167. The quantitative estimate of drug-likeness (QED) is 0.0261. The van der Waals surface area contributed by atoms with E-state index >= 15 is 0 Å². The summed E-state index contributed by atoms with van der Waals surface area (Å²) in [5, 5.41) is 0. The zero-order valence-electron chi connectivity index (χ0n) is 49.0. The van der Waals surface area contributed by atoms with Crippen molar-refractivity contribution in [1.82, 2.24) is 0 Å². The second-order valence-corrected chi connectivity index (χ2v) is 22.4. The average molecular weight is 1020 g/mol. The second kappa shape index (κ2) is 61.7. The average Bonchev–Trinajstić information content (AvgIpc) is 3.38. The van der Waals surface area contributed by atoms with E-state index in [1.807, 2.05) is 0 Å². The highest BCUT2D eigenvalue weighted by molar-refractivity contribution is 5.71. The van der Waals surface area contributed by atoms with Crippen molar-refractivity contribution in [3.05, 3.63) is 12.2 Å². The fraction of sp³-hybridized carbons (Fsp3) is 0.924. The van der Waals surface area contributed by atoms with Gasteiger partial charge < -0.3 is 14.2 Å². The maximum absolute atomic E-state index is 12.8. The molecule has 6 nitrogen and oxygen atoms in total. The van der Waals surface area contributed by atoms with E-state index in [9.17, 15) is 14.4 Å². The zero-order valence-corrected chi connectivity index (χ0v) is 49.0. The van der Waals surface area contributed by atoms with Crippen LogP contribution >= 0.6 is 0 Å². The van der Waals surface area contributed by atoms with Crippen LogP contribution in [0.4, 0.5) is 0 Å². The van der Waals surface area contributed by atoms with Crippen LogP contribution < -0.4 is 0 Å². The normalized spacial score (nSPS) is 12.0. The smallest absolute Gasteiger partial charge is 0.306 e. The molecule has 0 aromatic heterocycles. The molecule has 1 unspecified atom stereocenters. The van der Waals surface area contributed by atoms with Crippen LogP contribution in [0.5, 0.6) is 0 Å². The van der Waals surface area contributed by atoms with Crippen molar-refractivity contribution in [3.63, 3.8) is 0 Å². The monoisotopic (exact) mass is 1010 g/mol. The lowest BCUT2D eigenvalue weighted by Crippen LogP contribution is -2.30. The van der Waals surface area contributed by atoms with Gasteiger partial charge in [-0.1, -0.05) is 328 Å². The fourth-order valence-electron chi connectivity index (χ4n) is 10.1. The maximum atomic E-state index is 12.8. The molecule has 72 heavy (non-hydrogen) atoms. The van der Waals surface area contributed by atoms with Gasteiger partial charge in [-0.3, -0.25) is 14.4 Å². The molecule has 0 aliphatic heterocycles. The van der Waals surface area contributed by atoms with E-state index in [4.69, 9.17) is 14.2 Å². The third-order valence-corrected chi connectivity index (χ3v) is 15.0. The minimum absolute atomic E-state index is 0.0679. The van der Waals surface area contributed by atoms with Gasteiger partial charge in [-0.25, -0.2) is 0 Å². The SMILES string of the molecule is CCCC/C=C\CCCCCCCC(=O)OC(COC(=O)CCCCCCCCCCCC)COC(=O)CCCCCCCCCCCCCCCCCCCCCCCCCCCCCCCCCCC. The summed E-state index contributed by atoms with van der Waals surface area (Å²) >= 11 is 0. The van der Waals surface area contributed by atoms with Gasteiger partial charge in [0.15, 0.2) is 6.10 Å². The Morgan fingerprint density at radius 1 is 0.264 bits per heavy atom. The zero-order chi connectivity index (χ0) is 52.2. The fourth-order valence-corrected chi connectivity index (χ4v) is 10.1. The Kier molecular flexibility index (Phi) is 60.1. The van der Waals surface area contributed by atoms with Crippen LogP contribution in [0.3, 0.4) is 0 Å². The Labute approximate surface area is 450 Å². The summed E-state index contributed by atoms with van der Waals surface area (Å²) < 4.78 is 16.8. The first-order valence-corrected chi connectivity index (χ1v) is 32.7. The number of unbranched alkanes of at least 4 members (excludes halogenated alkanes) is 48. The highest BCUT2D eigenvalue weighted by Gasteiger charge is 2.19. The van der Waals surface area contributed by atoms with E-state index < -0.39 is 6.10 Å². The molecular weight excluding hydrogens is 889 g/mol. The predicted octanol–water partition coefficient (Wildman–Crippen LogP) is 22.1. The molecule has 0 aromatic carbocycles. The second-order valence-electron chi connectivity index (χ2n) is 22.4. The van der Waals surface area contributed by atoms with Crippen LogP contribution in [0.25, 0.3) is 0 Å². The number of carbonyl (C=O) groups excluding carboxylic acids is 3. The Morgan fingerprint density at radius 2 is 0.472 bits per heavy atom. The first-order chi connectivity index (χ1) is 35.5. The molecule has 0 amide bonds. The molecule has 1 atom stereocenters. The van der Waals surface area contributed by atoms with Crippen molar-refractivity contribution in [2.45, 2.75) is 380 Å². The number of hydrogen-bond acceptors (Lipinski definition) is 6. The van der Waals surface area contributed by atoms with Crippen LogP contribution in [0.15, 0.2) is 12.2 Å². The molecule has 0 N–H and O–H groups in total. The van der Waals surface area contributed by atoms with E-state index in [-0.39, 0.29) is 31.1 Å². The van der Waals surface area contributed by atoms with E-state index in [0.29, 0.717) is 19.3 Å². The Morgan fingerprint density at radius 3 is 0.736 bits per heavy atom. The lowest BCUT2D eigenvalue weighted by atomic mass is 10.0. The molecule has 0 aromatic rings. The van der Waals surface area contributed by atoms with Crippen molar-refractivity contribution >= 4 is 17.9 Å². The topological polar surface area (TPSA) is 78.9 Å². The summed E-state index contributed by atoms with van der Waals surface area (Å²) in [6.07, 6.45) is 72.7.